The zero-order valence-electron chi connectivity index (χ0n) is 10.8. The minimum Gasteiger partial charge on any atom is -0.368 e. The molecule has 100 valence electrons. The molecule has 4 nitrogen and oxygen atoms in total. The molecule has 4 rings (SSSR count). The highest BCUT2D eigenvalue weighted by atomic mass is 16.2. The molecule has 0 aromatic rings. The second-order valence-electron chi connectivity index (χ2n) is 6.84. The molecular weight excluding hydrogens is 228 g/mol. The number of nitrogens with two attached hydrogens (primary N) is 1. The maximum Gasteiger partial charge on any atom is 0.236 e. The highest BCUT2D eigenvalue weighted by molar-refractivity contribution is 5.84. The normalized spacial score (nSPS) is 40.8. The van der Waals surface area contributed by atoms with Gasteiger partial charge in [-0.3, -0.25) is 9.59 Å². The summed E-state index contributed by atoms with van der Waals surface area (Å²) in [7, 11) is 0. The van der Waals surface area contributed by atoms with Crippen molar-refractivity contribution in [1.82, 2.24) is 5.32 Å². The number of carbonyl (C=O) groups is 2. The molecule has 4 aliphatic rings. The second-order valence-corrected chi connectivity index (χ2v) is 6.84. The first-order valence-corrected chi connectivity index (χ1v) is 7.10. The average Bonchev–Trinajstić information content (AvgIpc) is 2.23. The number of hydrogen-bond acceptors (Lipinski definition) is 2. The van der Waals surface area contributed by atoms with E-state index in [9.17, 15) is 9.59 Å². The van der Waals surface area contributed by atoms with Gasteiger partial charge in [-0.05, 0) is 61.7 Å². The minimum absolute atomic E-state index is 0.00995. The topological polar surface area (TPSA) is 72.2 Å². The van der Waals surface area contributed by atoms with Crippen LogP contribution in [0.3, 0.4) is 0 Å². The van der Waals surface area contributed by atoms with Crippen LogP contribution in [0.1, 0.15) is 44.9 Å². The van der Waals surface area contributed by atoms with E-state index >= 15 is 0 Å². The summed E-state index contributed by atoms with van der Waals surface area (Å²) in [6.07, 6.45) is 8.45. The molecule has 0 spiro atoms. The van der Waals surface area contributed by atoms with E-state index in [1.807, 2.05) is 0 Å². The SMILES string of the molecule is NC(=O)CNC(=O)CC12CC3CC(CC(C3)C1)C2. The maximum atomic E-state index is 11.9. The van der Waals surface area contributed by atoms with Crippen molar-refractivity contribution < 1.29 is 9.59 Å². The second kappa shape index (κ2) is 4.25. The fourth-order valence-corrected chi connectivity index (χ4v) is 5.10. The van der Waals surface area contributed by atoms with Crippen LogP contribution in [0.15, 0.2) is 0 Å². The summed E-state index contributed by atoms with van der Waals surface area (Å²) >= 11 is 0. The number of nitrogens with one attached hydrogen (secondary N) is 1. The molecule has 0 radical (unpaired) electrons. The molecule has 4 aliphatic carbocycles. The minimum atomic E-state index is -0.464. The monoisotopic (exact) mass is 250 g/mol. The first-order chi connectivity index (χ1) is 8.55. The van der Waals surface area contributed by atoms with Gasteiger partial charge in [0, 0.05) is 6.42 Å². The molecule has 0 aliphatic heterocycles. The quantitative estimate of drug-likeness (QED) is 0.786. The average molecular weight is 250 g/mol. The van der Waals surface area contributed by atoms with E-state index in [2.05, 4.69) is 5.32 Å². The van der Waals surface area contributed by atoms with Crippen molar-refractivity contribution in [3.63, 3.8) is 0 Å². The van der Waals surface area contributed by atoms with Crippen molar-refractivity contribution >= 4 is 11.8 Å². The van der Waals surface area contributed by atoms with Gasteiger partial charge in [0.05, 0.1) is 6.54 Å². The van der Waals surface area contributed by atoms with E-state index < -0.39 is 5.91 Å². The highest BCUT2D eigenvalue weighted by Gasteiger charge is 2.51. The zero-order valence-corrected chi connectivity index (χ0v) is 10.8. The molecule has 4 bridgehead atoms. The van der Waals surface area contributed by atoms with Crippen molar-refractivity contribution in [1.29, 1.82) is 0 Å². The van der Waals surface area contributed by atoms with Gasteiger partial charge in [-0.2, -0.15) is 0 Å². The molecule has 4 fully saturated rings. The Balaban J connectivity index is 1.61. The molecule has 0 heterocycles. The zero-order chi connectivity index (χ0) is 12.8. The van der Waals surface area contributed by atoms with Crippen molar-refractivity contribution in [2.24, 2.45) is 28.9 Å². The van der Waals surface area contributed by atoms with E-state index in [-0.39, 0.29) is 17.9 Å². The smallest absolute Gasteiger partial charge is 0.236 e. The van der Waals surface area contributed by atoms with Crippen LogP contribution in [-0.2, 0) is 9.59 Å². The van der Waals surface area contributed by atoms with Crippen molar-refractivity contribution in [3.8, 4) is 0 Å². The van der Waals surface area contributed by atoms with Gasteiger partial charge in [0.25, 0.3) is 0 Å². The van der Waals surface area contributed by atoms with Crippen LogP contribution in [-0.4, -0.2) is 18.4 Å². The molecule has 0 unspecified atom stereocenters. The molecule has 4 heteroatoms. The van der Waals surface area contributed by atoms with E-state index in [1.54, 1.807) is 0 Å². The molecule has 0 atom stereocenters. The predicted molar refractivity (Wildman–Crippen MR) is 67.4 cm³/mol. The first-order valence-electron chi connectivity index (χ1n) is 7.10. The Kier molecular flexibility index (Phi) is 2.83. The lowest BCUT2D eigenvalue weighted by molar-refractivity contribution is -0.131. The molecular formula is C14H22N2O2. The van der Waals surface area contributed by atoms with Crippen LogP contribution in [0.2, 0.25) is 0 Å². The summed E-state index contributed by atoms with van der Waals surface area (Å²) in [6.45, 7) is -0.0226. The van der Waals surface area contributed by atoms with Gasteiger partial charge >= 0.3 is 0 Å². The number of amides is 2. The Morgan fingerprint density at radius 2 is 1.56 bits per heavy atom. The lowest BCUT2D eigenvalue weighted by atomic mass is 9.49. The summed E-state index contributed by atoms with van der Waals surface area (Å²) in [5.74, 6) is 2.13. The van der Waals surface area contributed by atoms with Crippen LogP contribution in [0.5, 0.6) is 0 Å². The Labute approximate surface area is 108 Å². The molecule has 0 aromatic heterocycles. The number of carbonyl (C=O) groups excluding carboxylic acids is 2. The third-order valence-corrected chi connectivity index (χ3v) is 5.16. The molecule has 2 amide bonds. The largest absolute Gasteiger partial charge is 0.368 e. The summed E-state index contributed by atoms with van der Waals surface area (Å²) in [5.41, 5.74) is 5.29. The van der Waals surface area contributed by atoms with Crippen LogP contribution in [0.25, 0.3) is 0 Å². The first kappa shape index (κ1) is 12.0. The Morgan fingerprint density at radius 1 is 1.06 bits per heavy atom. The van der Waals surface area contributed by atoms with Gasteiger partial charge < -0.3 is 11.1 Å². The highest BCUT2D eigenvalue weighted by Crippen LogP contribution is 2.61. The van der Waals surface area contributed by atoms with E-state index in [0.717, 1.165) is 17.8 Å². The van der Waals surface area contributed by atoms with E-state index in [4.69, 9.17) is 5.73 Å². The molecule has 0 saturated heterocycles. The Bertz CT molecular complexity index is 343. The third kappa shape index (κ3) is 2.25. The van der Waals surface area contributed by atoms with E-state index in [1.165, 1.54) is 38.5 Å². The third-order valence-electron chi connectivity index (χ3n) is 5.16. The lowest BCUT2D eigenvalue weighted by Gasteiger charge is -2.56. The van der Waals surface area contributed by atoms with Crippen molar-refractivity contribution in [2.45, 2.75) is 44.9 Å². The fourth-order valence-electron chi connectivity index (χ4n) is 5.10. The number of hydrogen-bond donors (Lipinski definition) is 2. The molecule has 3 N–H and O–H groups in total. The standard InChI is InChI=1S/C14H22N2O2/c15-12(17)8-16-13(18)7-14-4-9-1-10(5-14)3-11(2-9)6-14/h9-11H,1-8H2,(H2,15,17)(H,16,18). The molecule has 0 aromatic carbocycles. The maximum absolute atomic E-state index is 11.9. The van der Waals surface area contributed by atoms with Crippen molar-refractivity contribution in [3.05, 3.63) is 0 Å². The molecule has 4 saturated carbocycles. The predicted octanol–water partition coefficient (Wildman–Crippen LogP) is 1.19. The van der Waals surface area contributed by atoms with Gasteiger partial charge in [0.2, 0.25) is 11.8 Å². The Hall–Kier alpha value is -1.06. The Morgan fingerprint density at radius 3 is 2.00 bits per heavy atom. The van der Waals surface area contributed by atoms with Crippen LogP contribution in [0, 0.1) is 23.2 Å². The lowest BCUT2D eigenvalue weighted by Crippen LogP contribution is -2.48. The van der Waals surface area contributed by atoms with Gasteiger partial charge in [-0.15, -0.1) is 0 Å². The van der Waals surface area contributed by atoms with E-state index in [0.29, 0.717) is 6.42 Å². The van der Waals surface area contributed by atoms with Crippen LogP contribution in [0.4, 0.5) is 0 Å². The van der Waals surface area contributed by atoms with Gasteiger partial charge in [0.15, 0.2) is 0 Å². The molecule has 18 heavy (non-hydrogen) atoms. The van der Waals surface area contributed by atoms with Gasteiger partial charge in [-0.25, -0.2) is 0 Å². The fraction of sp³-hybridized carbons (Fsp3) is 0.857. The van der Waals surface area contributed by atoms with Crippen molar-refractivity contribution in [2.75, 3.05) is 6.54 Å². The van der Waals surface area contributed by atoms with Crippen LogP contribution < -0.4 is 11.1 Å². The van der Waals surface area contributed by atoms with Gasteiger partial charge in [-0.1, -0.05) is 0 Å². The summed E-state index contributed by atoms with van der Waals surface area (Å²) in [4.78, 5) is 22.6. The summed E-state index contributed by atoms with van der Waals surface area (Å²) < 4.78 is 0. The summed E-state index contributed by atoms with van der Waals surface area (Å²) in [5, 5.41) is 2.64. The summed E-state index contributed by atoms with van der Waals surface area (Å²) in [6, 6.07) is 0. The number of primary amides is 1. The van der Waals surface area contributed by atoms with Crippen LogP contribution >= 0.6 is 0 Å². The van der Waals surface area contributed by atoms with Gasteiger partial charge in [0.1, 0.15) is 0 Å². The number of rotatable bonds is 4.